The molecule has 2 atom stereocenters. The van der Waals surface area contributed by atoms with E-state index in [0.717, 1.165) is 34.8 Å². The van der Waals surface area contributed by atoms with Crippen LogP contribution in [0, 0.1) is 11.5 Å². The van der Waals surface area contributed by atoms with Crippen LogP contribution in [-0.2, 0) is 25.5 Å². The Hall–Kier alpha value is -2.89. The predicted molar refractivity (Wildman–Crippen MR) is 122 cm³/mol. The van der Waals surface area contributed by atoms with Gasteiger partial charge in [-0.25, -0.2) is 14.8 Å². The molecule has 1 saturated carbocycles. The Morgan fingerprint density at radius 3 is 2.64 bits per heavy atom. The smallest absolute Gasteiger partial charge is 0.354 e. The molecule has 1 radical (unpaired) electrons. The van der Waals surface area contributed by atoms with Gasteiger partial charge in [0.2, 0.25) is 0 Å². The summed E-state index contributed by atoms with van der Waals surface area (Å²) in [4.78, 5) is 31.0. The third-order valence-electron chi connectivity index (χ3n) is 7.66. The number of aromatic nitrogens is 3. The molecular weight excluding hydrogens is 595 g/mol. The zero-order valence-electron chi connectivity index (χ0n) is 18.6. The van der Waals surface area contributed by atoms with Crippen molar-refractivity contribution in [1.82, 2.24) is 14.4 Å². The second-order valence-electron chi connectivity index (χ2n) is 9.35. The van der Waals surface area contributed by atoms with Crippen LogP contribution in [0.5, 0.6) is 0 Å². The van der Waals surface area contributed by atoms with Gasteiger partial charge in [0.05, 0.1) is 5.65 Å². The molecule has 0 saturated heterocycles. The zero-order valence-corrected chi connectivity index (χ0v) is 21.0. The van der Waals surface area contributed by atoms with Crippen LogP contribution in [0.15, 0.2) is 59.7 Å². The normalized spacial score (nSPS) is 21.7. The molecule has 0 aliphatic heterocycles. The molecule has 1 fully saturated rings. The third-order valence-corrected chi connectivity index (χ3v) is 7.66. The van der Waals surface area contributed by atoms with Gasteiger partial charge in [-0.15, -0.1) is 35.0 Å². The van der Waals surface area contributed by atoms with Crippen LogP contribution in [0.4, 0.5) is 0 Å². The maximum atomic E-state index is 12.9. The summed E-state index contributed by atoms with van der Waals surface area (Å²) in [6.07, 6.45) is 5.77. The van der Waals surface area contributed by atoms with Crippen molar-refractivity contribution in [3.05, 3.63) is 88.2 Å². The van der Waals surface area contributed by atoms with E-state index in [0.29, 0.717) is 5.92 Å². The van der Waals surface area contributed by atoms with Crippen LogP contribution >= 0.6 is 0 Å². The fourth-order valence-electron chi connectivity index (χ4n) is 5.60. The first kappa shape index (κ1) is 23.3. The van der Waals surface area contributed by atoms with E-state index in [4.69, 9.17) is 5.11 Å². The summed E-state index contributed by atoms with van der Waals surface area (Å²) in [7, 11) is 0. The van der Waals surface area contributed by atoms with E-state index in [1.54, 1.807) is 12.1 Å². The average Bonchev–Trinajstić information content (AvgIpc) is 3.13. The van der Waals surface area contributed by atoms with E-state index in [1.165, 1.54) is 18.0 Å². The first-order valence-electron chi connectivity index (χ1n) is 10.8. The molecule has 2 aliphatic rings. The Morgan fingerprint density at radius 1 is 1.18 bits per heavy atom. The van der Waals surface area contributed by atoms with Gasteiger partial charge in [0, 0.05) is 43.0 Å². The number of hydrogen-bond acceptors (Lipinski definition) is 4. The number of pyridine rings is 2. The third kappa shape index (κ3) is 3.33. The maximum Gasteiger partial charge on any atom is 0.354 e. The van der Waals surface area contributed by atoms with E-state index >= 15 is 0 Å². The number of hydrogen-bond donors (Lipinski definition) is 1. The number of nitrogens with zero attached hydrogens (tertiary/aromatic N) is 3. The van der Waals surface area contributed by atoms with Crippen molar-refractivity contribution in [3.8, 4) is 0 Å². The number of aromatic carboxylic acids is 1. The van der Waals surface area contributed by atoms with E-state index in [-0.39, 0.29) is 42.2 Å². The Kier molecular flexibility index (Phi) is 5.75. The van der Waals surface area contributed by atoms with Gasteiger partial charge in [-0.1, -0.05) is 32.9 Å². The number of rotatable bonds is 1. The largest absolute Gasteiger partial charge is 0.477 e. The molecule has 171 valence electrons. The second-order valence-corrected chi connectivity index (χ2v) is 9.35. The van der Waals surface area contributed by atoms with Gasteiger partial charge in [-0.2, -0.15) is 0 Å². The van der Waals surface area contributed by atoms with Gasteiger partial charge in [0.15, 0.2) is 0 Å². The molecule has 33 heavy (non-hydrogen) atoms. The summed E-state index contributed by atoms with van der Waals surface area (Å²) < 4.78 is 2.16. The van der Waals surface area contributed by atoms with Crippen molar-refractivity contribution in [3.63, 3.8) is 0 Å². The molecule has 3 aromatic heterocycles. The van der Waals surface area contributed by atoms with Crippen molar-refractivity contribution in [2.45, 2.75) is 44.9 Å². The monoisotopic (exact) mass is 619 g/mol. The fraction of sp³-hybridized carbons (Fsp3) is 0.308. The minimum Gasteiger partial charge on any atom is -0.477 e. The Balaban J connectivity index is 0.000000221. The van der Waals surface area contributed by atoms with E-state index in [1.807, 2.05) is 18.2 Å². The molecule has 1 N–H and O–H groups in total. The van der Waals surface area contributed by atoms with Gasteiger partial charge in [0.1, 0.15) is 5.69 Å². The van der Waals surface area contributed by atoms with Crippen LogP contribution < -0.4 is 5.56 Å². The molecule has 0 amide bonds. The van der Waals surface area contributed by atoms with Gasteiger partial charge in [0.25, 0.3) is 5.56 Å². The standard InChI is InChI=1S/C20H19N2O.C6H5NO2.Ir/c1-19(2)14-8-10-20(19,3)16-15(14)18(23)21-17-13-7-5-4-6-12(13)9-11-22(16)17;8-6(9)5-3-1-2-4-7-5;/h4-6,9,11,14H,8,10H2,1-3H3;1-4H,(H,8,9);/q-1;;. The van der Waals surface area contributed by atoms with E-state index in [2.05, 4.69) is 53.5 Å². The number of carboxylic acid groups (broad SMARTS) is 1. The molecule has 2 bridgehead atoms. The molecule has 6 nitrogen and oxygen atoms in total. The molecule has 1 aromatic carbocycles. The molecule has 0 spiro atoms. The molecule has 2 aliphatic carbocycles. The van der Waals surface area contributed by atoms with Crippen molar-refractivity contribution >= 4 is 22.4 Å². The van der Waals surface area contributed by atoms with Gasteiger partial charge < -0.3 is 9.51 Å². The maximum absolute atomic E-state index is 12.9. The Labute approximate surface area is 205 Å². The SMILES string of the molecule is CC12CCC(c3c1n1ccc4ccc[c-]c4c1nc3=O)C2(C)C.O=C(O)c1ccccn1.[Ir]. The summed E-state index contributed by atoms with van der Waals surface area (Å²) in [5.41, 5.74) is 3.07. The minimum atomic E-state index is -0.990. The number of carbonyl (C=O) groups is 1. The predicted octanol–water partition coefficient (Wildman–Crippen LogP) is 4.60. The Bertz CT molecular complexity index is 1430. The fourth-order valence-corrected chi connectivity index (χ4v) is 5.60. The van der Waals surface area contributed by atoms with Crippen molar-refractivity contribution < 1.29 is 30.0 Å². The summed E-state index contributed by atoms with van der Waals surface area (Å²) in [6, 6.07) is 16.0. The summed E-state index contributed by atoms with van der Waals surface area (Å²) in [5.74, 6) is -0.662. The van der Waals surface area contributed by atoms with E-state index < -0.39 is 5.97 Å². The molecule has 3 heterocycles. The average molecular weight is 619 g/mol. The molecule has 2 unspecified atom stereocenters. The van der Waals surface area contributed by atoms with Gasteiger partial charge >= 0.3 is 5.97 Å². The molecular formula is C26H24IrN3O3-. The van der Waals surface area contributed by atoms with Crippen LogP contribution in [0.1, 0.15) is 61.3 Å². The molecule has 6 rings (SSSR count). The number of fused-ring (bicyclic) bond motifs is 9. The van der Waals surface area contributed by atoms with Gasteiger partial charge in [-0.3, -0.25) is 4.79 Å². The second kappa shape index (κ2) is 8.15. The minimum absolute atomic E-state index is 0. The summed E-state index contributed by atoms with van der Waals surface area (Å²) >= 11 is 0. The van der Waals surface area contributed by atoms with Crippen LogP contribution in [0.2, 0.25) is 0 Å². The topological polar surface area (TPSA) is 84.6 Å². The summed E-state index contributed by atoms with van der Waals surface area (Å²) in [6.45, 7) is 6.94. The summed E-state index contributed by atoms with van der Waals surface area (Å²) in [5, 5.41) is 10.3. The van der Waals surface area contributed by atoms with Crippen LogP contribution in [0.3, 0.4) is 0 Å². The molecule has 4 aromatic rings. The van der Waals surface area contributed by atoms with Crippen LogP contribution in [0.25, 0.3) is 16.4 Å². The first-order chi connectivity index (χ1) is 15.3. The van der Waals surface area contributed by atoms with Crippen molar-refractivity contribution in [2.24, 2.45) is 5.41 Å². The first-order valence-corrected chi connectivity index (χ1v) is 10.8. The zero-order chi connectivity index (χ0) is 22.7. The van der Waals surface area contributed by atoms with Gasteiger partial charge in [-0.05, 0) is 42.5 Å². The van der Waals surface area contributed by atoms with Crippen molar-refractivity contribution in [2.75, 3.05) is 0 Å². The Morgan fingerprint density at radius 2 is 1.97 bits per heavy atom. The molecule has 7 heteroatoms. The number of carboxylic acids is 1. The van der Waals surface area contributed by atoms with Crippen LogP contribution in [-0.4, -0.2) is 25.4 Å². The number of benzene rings is 1. The van der Waals surface area contributed by atoms with E-state index in [9.17, 15) is 9.59 Å². The quantitative estimate of drug-likeness (QED) is 0.249. The van der Waals surface area contributed by atoms with Crippen molar-refractivity contribution in [1.29, 1.82) is 0 Å².